The van der Waals surface area contributed by atoms with Crippen molar-refractivity contribution in [3.05, 3.63) is 29.8 Å². The van der Waals surface area contributed by atoms with Crippen molar-refractivity contribution in [1.29, 1.82) is 0 Å². The number of nitrogens with zero attached hydrogens (tertiary/aromatic N) is 3. The fraction of sp³-hybridized carbons (Fsp3) is 0.556. The maximum Gasteiger partial charge on any atom is 0.288 e. The van der Waals surface area contributed by atoms with Gasteiger partial charge in [-0.15, -0.1) is 0 Å². The van der Waals surface area contributed by atoms with Crippen LogP contribution in [0.2, 0.25) is 0 Å². The second-order valence-electron chi connectivity index (χ2n) is 6.89. The van der Waals surface area contributed by atoms with Crippen molar-refractivity contribution < 1.29 is 4.79 Å². The van der Waals surface area contributed by atoms with E-state index in [4.69, 9.17) is 0 Å². The molecular weight excluding hydrogens is 316 g/mol. The van der Waals surface area contributed by atoms with Crippen LogP contribution in [0.4, 0.5) is 11.6 Å². The maximum absolute atomic E-state index is 11.5. The number of nitrogens with one attached hydrogen (secondary N) is 3. The van der Waals surface area contributed by atoms with Crippen LogP contribution in [0.1, 0.15) is 68.7 Å². The molecule has 3 N–H and O–H groups in total. The quantitative estimate of drug-likeness (QED) is 0.787. The first-order valence-electron chi connectivity index (χ1n) is 8.87. The average molecular weight is 344 g/mol. The lowest BCUT2D eigenvalue weighted by Gasteiger charge is -2.04. The summed E-state index contributed by atoms with van der Waals surface area (Å²) >= 11 is 0. The van der Waals surface area contributed by atoms with Gasteiger partial charge in [0.25, 0.3) is 5.91 Å². The highest BCUT2D eigenvalue weighted by Crippen LogP contribution is 2.33. The molecule has 136 valence electrons. The molecule has 2 heterocycles. The van der Waals surface area contributed by atoms with Crippen LogP contribution in [0.3, 0.4) is 0 Å². The molecule has 7 nitrogen and oxygen atoms in total. The van der Waals surface area contributed by atoms with E-state index in [1.807, 2.05) is 6.07 Å². The number of carbonyl (C=O) groups is 1. The average Bonchev–Trinajstić information content (AvgIpc) is 3.25. The summed E-state index contributed by atoms with van der Waals surface area (Å²) < 4.78 is 0. The number of H-pyrrole nitrogens is 1. The Morgan fingerprint density at radius 2 is 1.92 bits per heavy atom. The van der Waals surface area contributed by atoms with Crippen LogP contribution < -0.4 is 10.6 Å². The van der Waals surface area contributed by atoms with Crippen LogP contribution in [0.5, 0.6) is 0 Å². The molecule has 1 aliphatic rings. The molecule has 0 bridgehead atoms. The highest BCUT2D eigenvalue weighted by molar-refractivity contribution is 5.90. The minimum atomic E-state index is -0.313. The van der Waals surface area contributed by atoms with Crippen molar-refractivity contribution in [3.63, 3.8) is 0 Å². The monoisotopic (exact) mass is 344 g/mol. The summed E-state index contributed by atoms with van der Waals surface area (Å²) in [6, 6.07) is 3.72. The van der Waals surface area contributed by atoms with Gasteiger partial charge in [0.2, 0.25) is 5.82 Å². The lowest BCUT2D eigenvalue weighted by atomic mass is 10.0. The smallest absolute Gasteiger partial charge is 0.288 e. The molecule has 0 atom stereocenters. The first-order valence-corrected chi connectivity index (χ1v) is 8.87. The van der Waals surface area contributed by atoms with Gasteiger partial charge in [-0.25, -0.2) is 9.97 Å². The van der Waals surface area contributed by atoms with Crippen LogP contribution in [-0.2, 0) is 0 Å². The molecule has 0 aromatic carbocycles. The fourth-order valence-corrected chi connectivity index (χ4v) is 2.63. The van der Waals surface area contributed by atoms with E-state index in [1.54, 1.807) is 19.3 Å². The molecule has 0 unspecified atom stereocenters. The van der Waals surface area contributed by atoms with Gasteiger partial charge >= 0.3 is 0 Å². The van der Waals surface area contributed by atoms with E-state index in [2.05, 4.69) is 51.6 Å². The predicted octanol–water partition coefficient (Wildman–Crippen LogP) is 3.62. The van der Waals surface area contributed by atoms with E-state index in [1.165, 1.54) is 25.7 Å². The van der Waals surface area contributed by atoms with Crippen molar-refractivity contribution in [3.8, 4) is 0 Å². The molecule has 2 aromatic rings. The molecule has 0 spiro atoms. The number of carbonyl (C=O) groups excluding carboxylic acids is 1. The first-order chi connectivity index (χ1) is 12.0. The summed E-state index contributed by atoms with van der Waals surface area (Å²) in [6.07, 6.45) is 6.55. The molecule has 0 aliphatic heterocycles. The van der Waals surface area contributed by atoms with Gasteiger partial charge in [0.15, 0.2) is 5.82 Å². The number of aromatic nitrogens is 4. The molecule has 25 heavy (non-hydrogen) atoms. The first kappa shape index (κ1) is 18.9. The van der Waals surface area contributed by atoms with Gasteiger partial charge in [-0.2, -0.15) is 5.10 Å². The Morgan fingerprint density at radius 1 is 1.24 bits per heavy atom. The second kappa shape index (κ2) is 9.15. The molecule has 3 rings (SSSR count). The van der Waals surface area contributed by atoms with Gasteiger partial charge in [-0.05, 0) is 24.8 Å². The van der Waals surface area contributed by atoms with Gasteiger partial charge in [0, 0.05) is 30.9 Å². The summed E-state index contributed by atoms with van der Waals surface area (Å²) in [6.45, 7) is 6.50. The molecule has 1 aliphatic carbocycles. The molecule has 1 saturated carbocycles. The summed E-state index contributed by atoms with van der Waals surface area (Å²) in [4.78, 5) is 19.6. The van der Waals surface area contributed by atoms with Crippen LogP contribution >= 0.6 is 0 Å². The lowest BCUT2D eigenvalue weighted by molar-refractivity contribution is 0.0953. The molecule has 1 amide bonds. The number of anilines is 2. The van der Waals surface area contributed by atoms with Gasteiger partial charge in [0.1, 0.15) is 5.82 Å². The van der Waals surface area contributed by atoms with E-state index in [-0.39, 0.29) is 11.7 Å². The van der Waals surface area contributed by atoms with E-state index < -0.39 is 0 Å². The van der Waals surface area contributed by atoms with E-state index in [9.17, 15) is 4.79 Å². The number of hydrogen-bond donors (Lipinski definition) is 3. The number of rotatable bonds is 4. The summed E-state index contributed by atoms with van der Waals surface area (Å²) in [7, 11) is 1.55. The normalized spacial score (nSPS) is 14.1. The largest absolute Gasteiger partial charge is 0.352 e. The number of hydrogen-bond acceptors (Lipinski definition) is 5. The predicted molar refractivity (Wildman–Crippen MR) is 99.0 cm³/mol. The van der Waals surface area contributed by atoms with Crippen molar-refractivity contribution in [2.75, 3.05) is 12.4 Å². The van der Waals surface area contributed by atoms with Gasteiger partial charge in [-0.3, -0.25) is 9.89 Å². The molecular formula is C18H28N6O. The van der Waals surface area contributed by atoms with Crippen LogP contribution in [0.15, 0.2) is 18.3 Å². The highest BCUT2D eigenvalue weighted by Gasteiger charge is 2.19. The van der Waals surface area contributed by atoms with Crippen molar-refractivity contribution in [2.45, 2.75) is 52.4 Å². The Morgan fingerprint density at radius 3 is 2.56 bits per heavy atom. The SMILES string of the molecule is CC(C)C.CNC(=O)c1nccc(Nc2cc(C3CCCC3)[nH]n2)n1. The Balaban J connectivity index is 0.000000511. The van der Waals surface area contributed by atoms with Crippen molar-refractivity contribution >= 4 is 17.5 Å². The maximum atomic E-state index is 11.5. The third-order valence-corrected chi connectivity index (χ3v) is 3.73. The zero-order chi connectivity index (χ0) is 18.2. The molecule has 7 heteroatoms. The molecule has 2 aromatic heterocycles. The fourth-order valence-electron chi connectivity index (χ4n) is 2.63. The Kier molecular flexibility index (Phi) is 6.91. The number of aromatic amines is 1. The van der Waals surface area contributed by atoms with Crippen LogP contribution in [-0.4, -0.2) is 33.1 Å². The highest BCUT2D eigenvalue weighted by atomic mass is 16.2. The minimum absolute atomic E-state index is 0.133. The van der Waals surface area contributed by atoms with Gasteiger partial charge in [-0.1, -0.05) is 33.6 Å². The molecule has 0 radical (unpaired) electrons. The third kappa shape index (κ3) is 5.85. The van der Waals surface area contributed by atoms with Crippen LogP contribution in [0, 0.1) is 5.92 Å². The Labute approximate surface area is 149 Å². The Bertz CT molecular complexity index is 673. The van der Waals surface area contributed by atoms with Gasteiger partial charge < -0.3 is 10.6 Å². The van der Waals surface area contributed by atoms with E-state index >= 15 is 0 Å². The Hall–Kier alpha value is -2.44. The second-order valence-corrected chi connectivity index (χ2v) is 6.89. The summed E-state index contributed by atoms with van der Waals surface area (Å²) in [5.41, 5.74) is 1.16. The molecule has 1 fully saturated rings. The molecule has 0 saturated heterocycles. The van der Waals surface area contributed by atoms with E-state index in [0.29, 0.717) is 17.6 Å². The minimum Gasteiger partial charge on any atom is -0.352 e. The number of amides is 1. The lowest BCUT2D eigenvalue weighted by Crippen LogP contribution is -2.20. The van der Waals surface area contributed by atoms with E-state index in [0.717, 1.165) is 11.6 Å². The third-order valence-electron chi connectivity index (χ3n) is 3.73. The van der Waals surface area contributed by atoms with Crippen LogP contribution in [0.25, 0.3) is 0 Å². The van der Waals surface area contributed by atoms with Gasteiger partial charge in [0.05, 0.1) is 0 Å². The summed E-state index contributed by atoms with van der Waals surface area (Å²) in [5.74, 6) is 2.49. The topological polar surface area (TPSA) is 95.6 Å². The zero-order valence-electron chi connectivity index (χ0n) is 15.5. The summed E-state index contributed by atoms with van der Waals surface area (Å²) in [5, 5.41) is 12.9. The van der Waals surface area contributed by atoms with Crippen molar-refractivity contribution in [1.82, 2.24) is 25.5 Å². The zero-order valence-corrected chi connectivity index (χ0v) is 15.5. The van der Waals surface area contributed by atoms with Crippen molar-refractivity contribution in [2.24, 2.45) is 5.92 Å². The standard InChI is InChI=1S/C14H18N6O.C4H10/c1-15-14(21)13-16-7-6-11(18-13)17-12-8-10(19-20-12)9-4-2-3-5-9;1-4(2)3/h6-9H,2-5H2,1H3,(H,15,21)(H2,16,17,18,19,20);4H,1-3H3.